The molecule has 1 amide bonds. The van der Waals surface area contributed by atoms with E-state index in [-0.39, 0.29) is 6.54 Å². The van der Waals surface area contributed by atoms with Gasteiger partial charge in [0.1, 0.15) is 0 Å². The summed E-state index contributed by atoms with van der Waals surface area (Å²) in [7, 11) is 0. The van der Waals surface area contributed by atoms with Gasteiger partial charge in [-0.25, -0.2) is 0 Å². The fraction of sp³-hybridized carbons (Fsp3) is 0.182. The second kappa shape index (κ2) is 5.60. The maximum absolute atomic E-state index is 11.8. The Bertz CT molecular complexity index is 474. The van der Waals surface area contributed by atoms with Crippen LogP contribution in [0.2, 0.25) is 5.02 Å². The van der Waals surface area contributed by atoms with Crippen molar-refractivity contribution in [1.29, 1.82) is 0 Å². The molecule has 17 heavy (non-hydrogen) atoms. The zero-order valence-corrected chi connectivity index (χ0v) is 9.19. The number of carbonyl (C=O) groups excluding carboxylic acids is 1. The number of rotatable bonds is 1. The number of alkyl halides is 3. The van der Waals surface area contributed by atoms with Crippen LogP contribution in [0.3, 0.4) is 0 Å². The number of carbonyl (C=O) groups is 1. The van der Waals surface area contributed by atoms with Crippen molar-refractivity contribution in [3.05, 3.63) is 34.9 Å². The van der Waals surface area contributed by atoms with Crippen molar-refractivity contribution in [2.45, 2.75) is 6.18 Å². The molecule has 1 aromatic carbocycles. The van der Waals surface area contributed by atoms with Gasteiger partial charge in [-0.15, -0.1) is 0 Å². The van der Waals surface area contributed by atoms with Crippen molar-refractivity contribution in [3.63, 3.8) is 0 Å². The van der Waals surface area contributed by atoms with Crippen molar-refractivity contribution in [2.24, 2.45) is 0 Å². The zero-order valence-electron chi connectivity index (χ0n) is 8.44. The van der Waals surface area contributed by atoms with E-state index in [1.165, 1.54) is 0 Å². The molecule has 1 N–H and O–H groups in total. The molecule has 0 atom stereocenters. The molecule has 2 nitrogen and oxygen atoms in total. The largest absolute Gasteiger partial charge is 0.471 e. The molecule has 0 saturated heterocycles. The molecule has 0 radical (unpaired) electrons. The molecule has 1 rings (SSSR count). The molecule has 1 aromatic rings. The van der Waals surface area contributed by atoms with Crippen molar-refractivity contribution < 1.29 is 18.0 Å². The standard InChI is InChI=1S/C11H7ClF3NO/c12-9-6-2-1-4-8(9)5-3-7-16-10(17)11(13,14)15/h1-2,4,6H,7H2,(H,16,17). The van der Waals surface area contributed by atoms with Gasteiger partial charge in [-0.1, -0.05) is 35.6 Å². The lowest BCUT2D eigenvalue weighted by Crippen LogP contribution is -2.36. The Kier molecular flexibility index (Phi) is 4.41. The van der Waals surface area contributed by atoms with Crippen LogP contribution < -0.4 is 5.32 Å². The number of nitrogens with one attached hydrogen (secondary N) is 1. The van der Waals surface area contributed by atoms with Crippen molar-refractivity contribution >= 4 is 17.5 Å². The normalized spacial score (nSPS) is 10.4. The van der Waals surface area contributed by atoms with Crippen LogP contribution in [0.4, 0.5) is 13.2 Å². The lowest BCUT2D eigenvalue weighted by atomic mass is 10.2. The second-order valence-corrected chi connectivity index (χ2v) is 3.37. The highest BCUT2D eigenvalue weighted by Crippen LogP contribution is 2.14. The van der Waals surface area contributed by atoms with Crippen LogP contribution >= 0.6 is 11.6 Å². The van der Waals surface area contributed by atoms with Crippen molar-refractivity contribution in [2.75, 3.05) is 6.54 Å². The maximum Gasteiger partial charge on any atom is 0.471 e. The van der Waals surface area contributed by atoms with E-state index in [2.05, 4.69) is 11.8 Å². The van der Waals surface area contributed by atoms with Crippen molar-refractivity contribution in [1.82, 2.24) is 5.32 Å². The lowest BCUT2D eigenvalue weighted by Gasteiger charge is -2.03. The minimum absolute atomic E-state index is 0.385. The average Bonchev–Trinajstić information content (AvgIpc) is 2.25. The molecule has 0 bridgehead atoms. The summed E-state index contributed by atoms with van der Waals surface area (Å²) in [5.41, 5.74) is 0.496. The van der Waals surface area contributed by atoms with Crippen molar-refractivity contribution in [3.8, 4) is 11.8 Å². The third-order valence-corrected chi connectivity index (χ3v) is 2.02. The van der Waals surface area contributed by atoms with Crippen LogP contribution in [0.5, 0.6) is 0 Å². The van der Waals surface area contributed by atoms with E-state index in [4.69, 9.17) is 11.6 Å². The second-order valence-electron chi connectivity index (χ2n) is 2.96. The van der Waals surface area contributed by atoms with Crippen LogP contribution in [0, 0.1) is 11.8 Å². The molecule has 0 aromatic heterocycles. The monoisotopic (exact) mass is 261 g/mol. The minimum atomic E-state index is -4.88. The van der Waals surface area contributed by atoms with Gasteiger partial charge in [-0.2, -0.15) is 13.2 Å². The summed E-state index contributed by atoms with van der Waals surface area (Å²) in [5, 5.41) is 2.04. The first kappa shape index (κ1) is 13.4. The molecule has 0 fully saturated rings. The van der Waals surface area contributed by atoms with Crippen LogP contribution in [0.1, 0.15) is 5.56 Å². The van der Waals surface area contributed by atoms with Gasteiger partial charge in [0.25, 0.3) is 0 Å². The first-order chi connectivity index (χ1) is 7.91. The lowest BCUT2D eigenvalue weighted by molar-refractivity contribution is -0.173. The molecule has 0 aliphatic rings. The van der Waals surface area contributed by atoms with Gasteiger partial charge in [-0.3, -0.25) is 4.79 Å². The highest BCUT2D eigenvalue weighted by atomic mass is 35.5. The summed E-state index contributed by atoms with van der Waals surface area (Å²) in [6.45, 7) is -0.385. The molecule has 0 aliphatic carbocycles. The fourth-order valence-electron chi connectivity index (χ4n) is 0.927. The van der Waals surface area contributed by atoms with Crippen LogP contribution in [-0.4, -0.2) is 18.6 Å². The molecular formula is C11H7ClF3NO. The Hall–Kier alpha value is -1.67. The highest BCUT2D eigenvalue weighted by molar-refractivity contribution is 6.31. The van der Waals surface area contributed by atoms with Gasteiger partial charge in [0.2, 0.25) is 0 Å². The van der Waals surface area contributed by atoms with Gasteiger partial charge in [-0.05, 0) is 12.1 Å². The molecule has 90 valence electrons. The highest BCUT2D eigenvalue weighted by Gasteiger charge is 2.38. The number of amides is 1. The predicted molar refractivity (Wildman–Crippen MR) is 57.4 cm³/mol. The summed E-state index contributed by atoms with van der Waals surface area (Å²) in [4.78, 5) is 10.4. The SMILES string of the molecule is O=C(NCC#Cc1ccccc1Cl)C(F)(F)F. The van der Waals surface area contributed by atoms with E-state index in [1.54, 1.807) is 29.6 Å². The summed E-state index contributed by atoms with van der Waals surface area (Å²) in [6, 6.07) is 6.64. The Morgan fingerprint density at radius 1 is 1.35 bits per heavy atom. The first-order valence-corrected chi connectivity index (χ1v) is 4.87. The van der Waals surface area contributed by atoms with Gasteiger partial charge < -0.3 is 5.32 Å². The third kappa shape index (κ3) is 4.37. The number of hydrogen-bond donors (Lipinski definition) is 1. The summed E-state index contributed by atoms with van der Waals surface area (Å²) in [6.07, 6.45) is -4.88. The number of benzene rings is 1. The molecular weight excluding hydrogens is 255 g/mol. The van der Waals surface area contributed by atoms with E-state index in [1.807, 2.05) is 0 Å². The minimum Gasteiger partial charge on any atom is -0.337 e. The van der Waals surface area contributed by atoms with E-state index in [9.17, 15) is 18.0 Å². The smallest absolute Gasteiger partial charge is 0.337 e. The van der Waals surface area contributed by atoms with E-state index < -0.39 is 12.1 Å². The summed E-state index contributed by atoms with van der Waals surface area (Å²) in [5.74, 6) is 2.93. The third-order valence-electron chi connectivity index (χ3n) is 1.69. The average molecular weight is 262 g/mol. The number of halogens is 4. The Labute approximate surface area is 101 Å². The fourth-order valence-corrected chi connectivity index (χ4v) is 1.11. The molecule has 0 aliphatic heterocycles. The van der Waals surface area contributed by atoms with Gasteiger partial charge in [0, 0.05) is 5.56 Å². The summed E-state index contributed by atoms with van der Waals surface area (Å²) < 4.78 is 35.3. The summed E-state index contributed by atoms with van der Waals surface area (Å²) >= 11 is 5.77. The molecule has 0 spiro atoms. The Morgan fingerprint density at radius 3 is 2.59 bits per heavy atom. The molecule has 0 unspecified atom stereocenters. The van der Waals surface area contributed by atoms with E-state index in [0.29, 0.717) is 10.6 Å². The van der Waals surface area contributed by atoms with Crippen LogP contribution in [0.15, 0.2) is 24.3 Å². The van der Waals surface area contributed by atoms with Gasteiger partial charge in [0.15, 0.2) is 0 Å². The molecule has 0 heterocycles. The molecule has 6 heteroatoms. The van der Waals surface area contributed by atoms with Crippen LogP contribution in [0.25, 0.3) is 0 Å². The Morgan fingerprint density at radius 2 is 2.00 bits per heavy atom. The zero-order chi connectivity index (χ0) is 12.9. The van der Waals surface area contributed by atoms with Crippen LogP contribution in [-0.2, 0) is 4.79 Å². The van der Waals surface area contributed by atoms with E-state index in [0.717, 1.165) is 0 Å². The topological polar surface area (TPSA) is 29.1 Å². The number of hydrogen-bond acceptors (Lipinski definition) is 1. The van der Waals surface area contributed by atoms with Gasteiger partial charge >= 0.3 is 12.1 Å². The predicted octanol–water partition coefficient (Wildman–Crippen LogP) is 2.37. The Balaban J connectivity index is 2.54. The first-order valence-electron chi connectivity index (χ1n) is 4.49. The van der Waals surface area contributed by atoms with E-state index >= 15 is 0 Å². The van der Waals surface area contributed by atoms with Gasteiger partial charge in [0.05, 0.1) is 11.6 Å². The quantitative estimate of drug-likeness (QED) is 0.773. The maximum atomic E-state index is 11.8. The molecule has 0 saturated carbocycles.